The number of aromatic nitrogens is 3. The number of thiophene rings is 1. The second-order valence-electron chi connectivity index (χ2n) is 12.8. The number of nitrogens with zero attached hydrogens (tertiary/aromatic N) is 3. The van der Waals surface area contributed by atoms with Crippen molar-refractivity contribution in [2.24, 2.45) is 0 Å². The number of pyridine rings is 1. The first-order valence-corrected chi connectivity index (χ1v) is 17.9. The predicted molar refractivity (Wildman–Crippen MR) is 215 cm³/mol. The van der Waals surface area contributed by atoms with Gasteiger partial charge in [-0.25, -0.2) is 15.0 Å². The van der Waals surface area contributed by atoms with E-state index in [1.54, 1.807) is 0 Å². The average molecular weight is 668 g/mol. The maximum atomic E-state index is 5.44. The van der Waals surface area contributed by atoms with Gasteiger partial charge in [0.25, 0.3) is 0 Å². The minimum atomic E-state index is 0.713. The molecule has 0 N–H and O–H groups in total. The summed E-state index contributed by atoms with van der Waals surface area (Å²) < 4.78 is 2.48. The molecule has 0 atom stereocenters. The molecule has 0 spiro atoms. The Morgan fingerprint density at radius 1 is 0.392 bits per heavy atom. The van der Waals surface area contributed by atoms with Crippen LogP contribution >= 0.6 is 11.3 Å². The zero-order valence-corrected chi connectivity index (χ0v) is 28.3. The van der Waals surface area contributed by atoms with Crippen molar-refractivity contribution >= 4 is 53.2 Å². The summed E-state index contributed by atoms with van der Waals surface area (Å²) in [4.78, 5) is 15.5. The maximum absolute atomic E-state index is 5.44. The molecule has 0 fully saturated rings. The fourth-order valence-electron chi connectivity index (χ4n) is 7.27. The third-order valence-corrected chi connectivity index (χ3v) is 10.9. The van der Waals surface area contributed by atoms with Gasteiger partial charge >= 0.3 is 0 Å². The molecule has 10 aromatic rings. The van der Waals surface area contributed by atoms with Crippen molar-refractivity contribution in [1.82, 2.24) is 15.0 Å². The first kappa shape index (κ1) is 29.4. The molecule has 10 rings (SSSR count). The minimum absolute atomic E-state index is 0.713. The average Bonchev–Trinajstić information content (AvgIpc) is 3.61. The van der Waals surface area contributed by atoms with Crippen LogP contribution < -0.4 is 0 Å². The first-order valence-electron chi connectivity index (χ1n) is 17.1. The highest BCUT2D eigenvalue weighted by Crippen LogP contribution is 2.46. The van der Waals surface area contributed by atoms with E-state index in [0.717, 1.165) is 50.4 Å². The summed E-state index contributed by atoms with van der Waals surface area (Å²) in [6.45, 7) is 0. The van der Waals surface area contributed by atoms with Crippen molar-refractivity contribution in [1.29, 1.82) is 0 Å². The molecule has 0 amide bonds. The fraction of sp³-hybridized carbons (Fsp3) is 0. The van der Waals surface area contributed by atoms with Crippen molar-refractivity contribution in [3.8, 4) is 56.3 Å². The molecule has 0 saturated carbocycles. The smallest absolute Gasteiger partial charge is 0.160 e. The minimum Gasteiger partial charge on any atom is -0.246 e. The largest absolute Gasteiger partial charge is 0.246 e. The molecule has 3 nitrogen and oxygen atoms in total. The normalized spacial score (nSPS) is 11.5. The summed E-state index contributed by atoms with van der Waals surface area (Å²) in [6.07, 6.45) is 0. The number of fused-ring (bicyclic) bond motifs is 6. The van der Waals surface area contributed by atoms with E-state index >= 15 is 0 Å². The molecule has 0 unspecified atom stereocenters. The topological polar surface area (TPSA) is 38.7 Å². The molecule has 4 heteroatoms. The standard InChI is InChI=1S/C47H29N3S/c1-3-14-32(15-4-1)40-29-41(50-47(49-40)34-16-5-2-6-17-34)33-27-25-31(26-28-33)36-21-12-23-39-43(36)44-38-20-9-10-24-42(38)51-46(44)45(48-39)37-22-11-18-30-13-7-8-19-35(30)37/h1-29H. The van der Waals surface area contributed by atoms with Gasteiger partial charge in [0, 0.05) is 43.1 Å². The van der Waals surface area contributed by atoms with Crippen molar-refractivity contribution in [2.45, 2.75) is 0 Å². The van der Waals surface area contributed by atoms with Gasteiger partial charge < -0.3 is 0 Å². The lowest BCUT2D eigenvalue weighted by molar-refractivity contribution is 1.18. The van der Waals surface area contributed by atoms with E-state index in [-0.39, 0.29) is 0 Å². The zero-order valence-electron chi connectivity index (χ0n) is 27.5. The lowest BCUT2D eigenvalue weighted by atomic mass is 9.94. The quantitative estimate of drug-likeness (QED) is 0.183. The summed E-state index contributed by atoms with van der Waals surface area (Å²) in [5, 5.41) is 6.14. The molecule has 7 aromatic carbocycles. The Morgan fingerprint density at radius 2 is 0.980 bits per heavy atom. The molecule has 0 radical (unpaired) electrons. The highest BCUT2D eigenvalue weighted by molar-refractivity contribution is 7.26. The Morgan fingerprint density at radius 3 is 1.76 bits per heavy atom. The van der Waals surface area contributed by atoms with Crippen LogP contribution in [-0.2, 0) is 0 Å². The second-order valence-corrected chi connectivity index (χ2v) is 13.8. The van der Waals surface area contributed by atoms with E-state index < -0.39 is 0 Å². The lowest BCUT2D eigenvalue weighted by Gasteiger charge is -2.14. The van der Waals surface area contributed by atoms with Crippen LogP contribution in [0.4, 0.5) is 0 Å². The number of hydrogen-bond donors (Lipinski definition) is 0. The zero-order chi connectivity index (χ0) is 33.7. The van der Waals surface area contributed by atoms with Crippen LogP contribution in [0.15, 0.2) is 176 Å². The Bertz CT molecular complexity index is 2830. The number of hydrogen-bond acceptors (Lipinski definition) is 4. The number of rotatable bonds is 5. The van der Waals surface area contributed by atoms with Crippen molar-refractivity contribution in [3.05, 3.63) is 176 Å². The molecule has 3 heterocycles. The van der Waals surface area contributed by atoms with Crippen LogP contribution in [0, 0.1) is 0 Å². The lowest BCUT2D eigenvalue weighted by Crippen LogP contribution is -1.96. The van der Waals surface area contributed by atoms with Gasteiger partial charge in [0.15, 0.2) is 5.82 Å². The van der Waals surface area contributed by atoms with Crippen LogP contribution in [0.5, 0.6) is 0 Å². The number of benzene rings is 7. The molecule has 0 saturated heterocycles. The van der Waals surface area contributed by atoms with Gasteiger partial charge in [0.05, 0.1) is 27.3 Å². The monoisotopic (exact) mass is 667 g/mol. The van der Waals surface area contributed by atoms with Crippen LogP contribution in [0.25, 0.3) is 98.1 Å². The first-order chi connectivity index (χ1) is 25.3. The summed E-state index contributed by atoms with van der Waals surface area (Å²) in [6, 6.07) is 61.8. The Hall–Kier alpha value is -6.49. The molecule has 0 aliphatic carbocycles. The molecular formula is C47H29N3S. The molecule has 0 bridgehead atoms. The summed E-state index contributed by atoms with van der Waals surface area (Å²) in [5.74, 6) is 0.713. The summed E-state index contributed by atoms with van der Waals surface area (Å²) in [7, 11) is 0. The van der Waals surface area contributed by atoms with Crippen LogP contribution in [0.2, 0.25) is 0 Å². The molecule has 51 heavy (non-hydrogen) atoms. The van der Waals surface area contributed by atoms with Gasteiger partial charge in [-0.1, -0.05) is 158 Å². The molecular weight excluding hydrogens is 639 g/mol. The SMILES string of the molecule is c1ccc(-c2cc(-c3ccc(-c4cccc5nc(-c6cccc7ccccc67)c6sc7ccccc7c6c45)cc3)nc(-c3ccccc3)n2)cc1. The van der Waals surface area contributed by atoms with Crippen LogP contribution in [-0.4, -0.2) is 15.0 Å². The van der Waals surface area contributed by atoms with E-state index in [1.165, 1.54) is 41.9 Å². The molecule has 238 valence electrons. The van der Waals surface area contributed by atoms with Gasteiger partial charge in [-0.2, -0.15) is 0 Å². The predicted octanol–water partition coefficient (Wildman–Crippen LogP) is 12.9. The van der Waals surface area contributed by atoms with Gasteiger partial charge in [0.1, 0.15) is 0 Å². The Kier molecular flexibility index (Phi) is 7.00. The second kappa shape index (κ2) is 12.1. The van der Waals surface area contributed by atoms with Crippen molar-refractivity contribution in [3.63, 3.8) is 0 Å². The van der Waals surface area contributed by atoms with Gasteiger partial charge in [0.2, 0.25) is 0 Å². The highest BCUT2D eigenvalue weighted by atomic mass is 32.1. The molecule has 0 aliphatic rings. The van der Waals surface area contributed by atoms with E-state index in [1.807, 2.05) is 47.7 Å². The van der Waals surface area contributed by atoms with E-state index in [2.05, 4.69) is 140 Å². The van der Waals surface area contributed by atoms with Gasteiger partial charge in [-0.15, -0.1) is 11.3 Å². The van der Waals surface area contributed by atoms with Gasteiger partial charge in [-0.05, 0) is 40.1 Å². The van der Waals surface area contributed by atoms with Crippen LogP contribution in [0.3, 0.4) is 0 Å². The molecule has 0 aliphatic heterocycles. The summed E-state index contributed by atoms with van der Waals surface area (Å²) >= 11 is 1.83. The summed E-state index contributed by atoms with van der Waals surface area (Å²) in [5.41, 5.74) is 10.4. The molecule has 3 aromatic heterocycles. The van der Waals surface area contributed by atoms with Gasteiger partial charge in [-0.3, -0.25) is 0 Å². The maximum Gasteiger partial charge on any atom is 0.160 e. The highest BCUT2D eigenvalue weighted by Gasteiger charge is 2.20. The fourth-order valence-corrected chi connectivity index (χ4v) is 8.48. The third kappa shape index (κ3) is 5.08. The van der Waals surface area contributed by atoms with Crippen molar-refractivity contribution in [2.75, 3.05) is 0 Å². The van der Waals surface area contributed by atoms with E-state index in [9.17, 15) is 0 Å². The van der Waals surface area contributed by atoms with Crippen molar-refractivity contribution < 1.29 is 0 Å². The van der Waals surface area contributed by atoms with Crippen LogP contribution in [0.1, 0.15) is 0 Å². The third-order valence-electron chi connectivity index (χ3n) is 9.70. The van der Waals surface area contributed by atoms with E-state index in [0.29, 0.717) is 5.82 Å². The van der Waals surface area contributed by atoms with E-state index in [4.69, 9.17) is 15.0 Å². The Labute approximate surface area is 299 Å². The Balaban J connectivity index is 1.15.